The Balaban J connectivity index is 2.25. The number of hydrogen-bond acceptors (Lipinski definition) is 3. The molecule has 1 aliphatic heterocycles. The van der Waals surface area contributed by atoms with Crippen molar-refractivity contribution in [3.05, 3.63) is 18.5 Å². The van der Waals surface area contributed by atoms with Crippen LogP contribution in [0, 0.1) is 0 Å². The number of pyridine rings is 1. The highest BCUT2D eigenvalue weighted by Gasteiger charge is 2.23. The van der Waals surface area contributed by atoms with Crippen LogP contribution in [0.15, 0.2) is 23.4 Å². The van der Waals surface area contributed by atoms with Crippen LogP contribution in [0.25, 0.3) is 0 Å². The average molecular weight is 243 g/mol. The minimum atomic E-state index is 0.144. The van der Waals surface area contributed by atoms with Crippen molar-refractivity contribution in [3.8, 4) is 0 Å². The summed E-state index contributed by atoms with van der Waals surface area (Å²) in [7, 11) is 0. The molecule has 80 valence electrons. The van der Waals surface area contributed by atoms with Crippen LogP contribution in [-0.2, 0) is 4.79 Å². The molecule has 0 fully saturated rings. The van der Waals surface area contributed by atoms with Crippen LogP contribution < -0.4 is 4.90 Å². The first-order chi connectivity index (χ1) is 7.33. The third-order valence-electron chi connectivity index (χ3n) is 2.22. The molecule has 2 rings (SSSR count). The third kappa shape index (κ3) is 2.26. The Labute approximate surface area is 97.8 Å². The van der Waals surface area contributed by atoms with Crippen LogP contribution in [0.5, 0.6) is 0 Å². The van der Waals surface area contributed by atoms with Gasteiger partial charge in [0, 0.05) is 23.5 Å². The number of hydrogen-bond donors (Lipinski definition) is 0. The number of aromatic nitrogens is 1. The zero-order valence-corrected chi connectivity index (χ0v) is 9.72. The van der Waals surface area contributed by atoms with Gasteiger partial charge in [-0.1, -0.05) is 0 Å². The first kappa shape index (κ1) is 10.8. The van der Waals surface area contributed by atoms with Crippen LogP contribution in [0.2, 0.25) is 0 Å². The second-order valence-electron chi connectivity index (χ2n) is 3.22. The molecule has 15 heavy (non-hydrogen) atoms. The van der Waals surface area contributed by atoms with Crippen LogP contribution in [0.4, 0.5) is 5.69 Å². The summed E-state index contributed by atoms with van der Waals surface area (Å²) in [6, 6.07) is 1.94. The Kier molecular flexibility index (Phi) is 3.49. The molecule has 0 N–H and O–H groups in total. The minimum Gasteiger partial charge on any atom is -0.309 e. The van der Waals surface area contributed by atoms with Crippen LogP contribution in [0.1, 0.15) is 6.42 Å². The van der Waals surface area contributed by atoms with Gasteiger partial charge < -0.3 is 4.90 Å². The van der Waals surface area contributed by atoms with E-state index in [9.17, 15) is 4.79 Å². The maximum absolute atomic E-state index is 11.7. The van der Waals surface area contributed by atoms with Crippen molar-refractivity contribution >= 4 is 35.0 Å². The van der Waals surface area contributed by atoms with Crippen molar-refractivity contribution in [2.24, 2.45) is 0 Å². The number of carbonyl (C=O) groups is 1. The maximum Gasteiger partial charge on any atom is 0.237 e. The predicted molar refractivity (Wildman–Crippen MR) is 62.7 cm³/mol. The number of fused-ring (bicyclic) bond motifs is 1. The molecule has 0 unspecified atom stereocenters. The fourth-order valence-electron chi connectivity index (χ4n) is 1.51. The smallest absolute Gasteiger partial charge is 0.237 e. The van der Waals surface area contributed by atoms with Crippen molar-refractivity contribution < 1.29 is 4.79 Å². The van der Waals surface area contributed by atoms with E-state index in [0.717, 1.165) is 17.0 Å². The molecule has 0 radical (unpaired) electrons. The number of alkyl halides is 1. The maximum atomic E-state index is 11.7. The highest BCUT2D eigenvalue weighted by atomic mass is 35.5. The lowest BCUT2D eigenvalue weighted by Gasteiger charge is -2.28. The predicted octanol–water partition coefficient (Wildman–Crippen LogP) is 2.15. The van der Waals surface area contributed by atoms with Gasteiger partial charge in [0.15, 0.2) is 0 Å². The fourth-order valence-corrected chi connectivity index (χ4v) is 2.54. The van der Waals surface area contributed by atoms with Crippen molar-refractivity contribution in [1.29, 1.82) is 0 Å². The summed E-state index contributed by atoms with van der Waals surface area (Å²) in [5, 5.41) is 0. The summed E-state index contributed by atoms with van der Waals surface area (Å²) in [4.78, 5) is 18.7. The van der Waals surface area contributed by atoms with E-state index in [1.807, 2.05) is 6.07 Å². The number of nitrogens with zero attached hydrogens (tertiary/aromatic N) is 2. The molecule has 0 atom stereocenters. The molecule has 0 saturated carbocycles. The first-order valence-electron chi connectivity index (χ1n) is 4.76. The standard InChI is InChI=1S/C10H11ClN2OS/c11-3-1-5-13-8-6-12-4-2-9(8)15-7-10(13)14/h2,4,6H,1,3,5,7H2. The lowest BCUT2D eigenvalue weighted by atomic mass is 10.3. The van der Waals surface area contributed by atoms with Gasteiger partial charge in [0.25, 0.3) is 0 Å². The van der Waals surface area contributed by atoms with E-state index >= 15 is 0 Å². The SMILES string of the molecule is O=C1CSc2ccncc2N1CCCCl. The van der Waals surface area contributed by atoms with E-state index in [-0.39, 0.29) is 5.91 Å². The monoisotopic (exact) mass is 242 g/mol. The van der Waals surface area contributed by atoms with Crippen molar-refractivity contribution in [2.75, 3.05) is 23.1 Å². The zero-order chi connectivity index (χ0) is 10.7. The van der Waals surface area contributed by atoms with Crippen LogP contribution in [0.3, 0.4) is 0 Å². The summed E-state index contributed by atoms with van der Waals surface area (Å²) in [6.45, 7) is 0.682. The van der Waals surface area contributed by atoms with Gasteiger partial charge in [-0.2, -0.15) is 0 Å². The van der Waals surface area contributed by atoms with Gasteiger partial charge >= 0.3 is 0 Å². The molecule has 1 amide bonds. The molecule has 2 heterocycles. The van der Waals surface area contributed by atoms with Gasteiger partial charge in [0.05, 0.1) is 17.6 Å². The number of halogens is 1. The summed E-state index contributed by atoms with van der Waals surface area (Å²) in [5.74, 6) is 1.23. The van der Waals surface area contributed by atoms with Gasteiger partial charge in [-0.15, -0.1) is 23.4 Å². The van der Waals surface area contributed by atoms with Gasteiger partial charge in [0.1, 0.15) is 0 Å². The lowest BCUT2D eigenvalue weighted by Crippen LogP contribution is -2.36. The van der Waals surface area contributed by atoms with Gasteiger partial charge in [0.2, 0.25) is 5.91 Å². The molecule has 0 spiro atoms. The van der Waals surface area contributed by atoms with Crippen molar-refractivity contribution in [2.45, 2.75) is 11.3 Å². The largest absolute Gasteiger partial charge is 0.309 e. The second-order valence-corrected chi connectivity index (χ2v) is 4.62. The molecule has 3 nitrogen and oxygen atoms in total. The van der Waals surface area contributed by atoms with Crippen molar-refractivity contribution in [3.63, 3.8) is 0 Å². The first-order valence-corrected chi connectivity index (χ1v) is 6.28. The molecule has 0 aromatic carbocycles. The Morgan fingerprint density at radius 3 is 3.27 bits per heavy atom. The average Bonchev–Trinajstić information content (AvgIpc) is 2.28. The molecule has 1 aliphatic rings. The normalized spacial score (nSPS) is 15.3. The Hall–Kier alpha value is -0.740. The van der Waals surface area contributed by atoms with Crippen LogP contribution in [-0.4, -0.2) is 29.1 Å². The molecule has 0 bridgehead atoms. The van der Waals surface area contributed by atoms with E-state index < -0.39 is 0 Å². The van der Waals surface area contributed by atoms with E-state index in [1.165, 1.54) is 0 Å². The molecule has 5 heteroatoms. The highest BCUT2D eigenvalue weighted by Crippen LogP contribution is 2.34. The lowest BCUT2D eigenvalue weighted by molar-refractivity contribution is -0.116. The number of rotatable bonds is 3. The van der Waals surface area contributed by atoms with Crippen molar-refractivity contribution in [1.82, 2.24) is 4.98 Å². The van der Waals surface area contributed by atoms with Crippen LogP contribution >= 0.6 is 23.4 Å². The quantitative estimate of drug-likeness (QED) is 0.762. The Bertz CT molecular complexity index is 372. The fraction of sp³-hybridized carbons (Fsp3) is 0.400. The summed E-state index contributed by atoms with van der Waals surface area (Å²) in [6.07, 6.45) is 4.31. The van der Waals surface area contributed by atoms with Gasteiger partial charge in [-0.3, -0.25) is 9.78 Å². The highest BCUT2D eigenvalue weighted by molar-refractivity contribution is 8.00. The zero-order valence-electron chi connectivity index (χ0n) is 8.15. The summed E-state index contributed by atoms with van der Waals surface area (Å²) >= 11 is 7.21. The molecule has 0 saturated heterocycles. The molecular formula is C10H11ClN2OS. The van der Waals surface area contributed by atoms with E-state index in [0.29, 0.717) is 18.2 Å². The number of amides is 1. The van der Waals surface area contributed by atoms with E-state index in [4.69, 9.17) is 11.6 Å². The summed E-state index contributed by atoms with van der Waals surface area (Å²) in [5.41, 5.74) is 0.920. The Morgan fingerprint density at radius 1 is 1.60 bits per heavy atom. The Morgan fingerprint density at radius 2 is 2.47 bits per heavy atom. The second kappa shape index (κ2) is 4.86. The molecule has 1 aromatic rings. The van der Waals surface area contributed by atoms with Gasteiger partial charge in [-0.05, 0) is 12.5 Å². The van der Waals surface area contributed by atoms with Gasteiger partial charge in [-0.25, -0.2) is 0 Å². The van der Waals surface area contributed by atoms with E-state index in [1.54, 1.807) is 29.1 Å². The minimum absolute atomic E-state index is 0.144. The van der Waals surface area contributed by atoms with E-state index in [2.05, 4.69) is 4.98 Å². The summed E-state index contributed by atoms with van der Waals surface area (Å²) < 4.78 is 0. The molecule has 1 aromatic heterocycles. The topological polar surface area (TPSA) is 33.2 Å². The number of carbonyl (C=O) groups excluding carboxylic acids is 1. The number of thioether (sulfide) groups is 1. The molecular weight excluding hydrogens is 232 g/mol. The third-order valence-corrected chi connectivity index (χ3v) is 3.53. The molecule has 0 aliphatic carbocycles. The number of anilines is 1.